The fourth-order valence-electron chi connectivity index (χ4n) is 2.51. The summed E-state index contributed by atoms with van der Waals surface area (Å²) >= 11 is 0. The maximum absolute atomic E-state index is 11.8. The molecule has 2 N–H and O–H groups in total. The molecule has 1 atom stereocenters. The molecule has 92 valence electrons. The van der Waals surface area contributed by atoms with E-state index >= 15 is 0 Å². The molecule has 0 radical (unpaired) electrons. The molecule has 1 aromatic heterocycles. The molecule has 1 aromatic rings. The first-order chi connectivity index (χ1) is 8.33. The van der Waals surface area contributed by atoms with Crippen molar-refractivity contribution in [2.24, 2.45) is 0 Å². The van der Waals surface area contributed by atoms with E-state index in [-0.39, 0.29) is 11.7 Å². The highest BCUT2D eigenvalue weighted by Crippen LogP contribution is 2.16. The van der Waals surface area contributed by atoms with Crippen molar-refractivity contribution in [2.75, 3.05) is 6.61 Å². The molecule has 1 unspecified atom stereocenters. The van der Waals surface area contributed by atoms with Crippen LogP contribution in [0.3, 0.4) is 0 Å². The quantitative estimate of drug-likeness (QED) is 0.782. The average Bonchev–Trinajstić information content (AvgIpc) is 2.79. The van der Waals surface area contributed by atoms with Crippen LogP contribution in [0.2, 0.25) is 0 Å². The third-order valence-electron chi connectivity index (χ3n) is 3.44. The molecule has 1 fully saturated rings. The van der Waals surface area contributed by atoms with Crippen LogP contribution in [-0.2, 0) is 24.2 Å². The minimum atomic E-state index is 0.00538. The van der Waals surface area contributed by atoms with E-state index in [9.17, 15) is 4.79 Å². The lowest BCUT2D eigenvalue weighted by atomic mass is 10.1. The van der Waals surface area contributed by atoms with Crippen LogP contribution in [-0.4, -0.2) is 22.7 Å². The number of aromatic amines is 1. The summed E-state index contributed by atoms with van der Waals surface area (Å²) in [5.74, 6) is 0.768. The van der Waals surface area contributed by atoms with Crippen LogP contribution in [0.4, 0.5) is 0 Å². The molecule has 5 heteroatoms. The summed E-state index contributed by atoms with van der Waals surface area (Å²) < 4.78 is 5.66. The second kappa shape index (κ2) is 4.58. The Morgan fingerprint density at radius 3 is 3.12 bits per heavy atom. The minimum absolute atomic E-state index is 0.00538. The lowest BCUT2D eigenvalue weighted by molar-refractivity contribution is 0.0156. The maximum atomic E-state index is 11.8. The van der Waals surface area contributed by atoms with E-state index in [2.05, 4.69) is 15.3 Å². The van der Waals surface area contributed by atoms with Gasteiger partial charge in [-0.3, -0.25) is 4.79 Å². The SMILES string of the molecule is O=c1[nH]c(CC2CCCCO2)nc2c1CNC2. The molecule has 3 heterocycles. The Morgan fingerprint density at radius 1 is 1.35 bits per heavy atom. The molecule has 17 heavy (non-hydrogen) atoms. The molecule has 1 saturated heterocycles. The van der Waals surface area contributed by atoms with Crippen molar-refractivity contribution in [1.29, 1.82) is 0 Å². The first-order valence-electron chi connectivity index (χ1n) is 6.26. The number of hydrogen-bond acceptors (Lipinski definition) is 4. The predicted molar refractivity (Wildman–Crippen MR) is 62.7 cm³/mol. The van der Waals surface area contributed by atoms with Crippen molar-refractivity contribution >= 4 is 0 Å². The molecule has 0 aromatic carbocycles. The number of ether oxygens (including phenoxy) is 1. The highest BCUT2D eigenvalue weighted by Gasteiger charge is 2.19. The first kappa shape index (κ1) is 10.9. The van der Waals surface area contributed by atoms with Crippen molar-refractivity contribution in [3.63, 3.8) is 0 Å². The van der Waals surface area contributed by atoms with Gasteiger partial charge in [0.1, 0.15) is 5.82 Å². The van der Waals surface area contributed by atoms with Gasteiger partial charge < -0.3 is 15.0 Å². The smallest absolute Gasteiger partial charge is 0.255 e. The van der Waals surface area contributed by atoms with Gasteiger partial charge in [0.05, 0.1) is 17.4 Å². The fourth-order valence-corrected chi connectivity index (χ4v) is 2.51. The number of nitrogens with one attached hydrogen (secondary N) is 2. The lowest BCUT2D eigenvalue weighted by Gasteiger charge is -2.22. The van der Waals surface area contributed by atoms with E-state index in [0.29, 0.717) is 13.1 Å². The molecule has 0 spiro atoms. The first-order valence-corrected chi connectivity index (χ1v) is 6.26. The molecule has 0 saturated carbocycles. The predicted octanol–water partition coefficient (Wildman–Crippen LogP) is 0.485. The van der Waals surface area contributed by atoms with E-state index in [1.54, 1.807) is 0 Å². The van der Waals surface area contributed by atoms with Gasteiger partial charge in [-0.1, -0.05) is 0 Å². The van der Waals surface area contributed by atoms with Crippen molar-refractivity contribution in [3.8, 4) is 0 Å². The van der Waals surface area contributed by atoms with Gasteiger partial charge in [-0.2, -0.15) is 0 Å². The summed E-state index contributed by atoms with van der Waals surface area (Å²) in [4.78, 5) is 19.2. The zero-order valence-corrected chi connectivity index (χ0v) is 9.79. The molecule has 2 aliphatic heterocycles. The van der Waals surface area contributed by atoms with Gasteiger partial charge in [0, 0.05) is 26.1 Å². The Hall–Kier alpha value is -1.20. The van der Waals surface area contributed by atoms with Crippen molar-refractivity contribution in [1.82, 2.24) is 15.3 Å². The number of rotatable bonds is 2. The molecule has 0 aliphatic carbocycles. The number of H-pyrrole nitrogens is 1. The molecule has 0 bridgehead atoms. The van der Waals surface area contributed by atoms with E-state index in [0.717, 1.165) is 43.0 Å². The van der Waals surface area contributed by atoms with E-state index < -0.39 is 0 Å². The van der Waals surface area contributed by atoms with Crippen molar-refractivity contribution in [2.45, 2.75) is 44.9 Å². The normalized spacial score (nSPS) is 23.6. The number of aromatic nitrogens is 2. The summed E-state index contributed by atoms with van der Waals surface area (Å²) in [6, 6.07) is 0. The Balaban J connectivity index is 1.79. The van der Waals surface area contributed by atoms with Crippen LogP contribution in [0, 0.1) is 0 Å². The Bertz CT molecular complexity index is 463. The maximum Gasteiger partial charge on any atom is 0.255 e. The van der Waals surface area contributed by atoms with E-state index in [1.807, 2.05) is 0 Å². The second-order valence-corrected chi connectivity index (χ2v) is 4.73. The van der Waals surface area contributed by atoms with Crippen LogP contribution in [0.25, 0.3) is 0 Å². The second-order valence-electron chi connectivity index (χ2n) is 4.73. The molecule has 0 amide bonds. The van der Waals surface area contributed by atoms with Gasteiger partial charge in [-0.25, -0.2) is 4.98 Å². The van der Waals surface area contributed by atoms with Crippen molar-refractivity contribution in [3.05, 3.63) is 27.4 Å². The van der Waals surface area contributed by atoms with Crippen LogP contribution >= 0.6 is 0 Å². The summed E-state index contributed by atoms with van der Waals surface area (Å²) in [5.41, 5.74) is 1.70. The van der Waals surface area contributed by atoms with Crippen LogP contribution in [0.15, 0.2) is 4.79 Å². The zero-order chi connectivity index (χ0) is 11.7. The molecular weight excluding hydrogens is 218 g/mol. The molecular formula is C12H17N3O2. The van der Waals surface area contributed by atoms with E-state index in [1.165, 1.54) is 6.42 Å². The monoisotopic (exact) mass is 235 g/mol. The third kappa shape index (κ3) is 2.25. The minimum Gasteiger partial charge on any atom is -0.378 e. The van der Waals surface area contributed by atoms with Crippen LogP contribution in [0.1, 0.15) is 36.3 Å². The van der Waals surface area contributed by atoms with Crippen LogP contribution in [0.5, 0.6) is 0 Å². The summed E-state index contributed by atoms with van der Waals surface area (Å²) in [5, 5.41) is 3.15. The van der Waals surface area contributed by atoms with Gasteiger partial charge in [0.25, 0.3) is 5.56 Å². The Labute approximate surface area is 99.6 Å². The lowest BCUT2D eigenvalue weighted by Crippen LogP contribution is -2.25. The fraction of sp³-hybridized carbons (Fsp3) is 0.667. The number of fused-ring (bicyclic) bond motifs is 1. The summed E-state index contributed by atoms with van der Waals surface area (Å²) in [7, 11) is 0. The van der Waals surface area contributed by atoms with Gasteiger partial charge in [0.2, 0.25) is 0 Å². The third-order valence-corrected chi connectivity index (χ3v) is 3.44. The number of nitrogens with zero attached hydrogens (tertiary/aromatic N) is 1. The molecule has 3 rings (SSSR count). The average molecular weight is 235 g/mol. The topological polar surface area (TPSA) is 67.0 Å². The molecule has 5 nitrogen and oxygen atoms in total. The summed E-state index contributed by atoms with van der Waals surface area (Å²) in [6.07, 6.45) is 4.37. The van der Waals surface area contributed by atoms with Gasteiger partial charge >= 0.3 is 0 Å². The standard InChI is InChI=1S/C12H17N3O2/c16-12-9-6-13-7-10(9)14-11(15-12)5-8-3-1-2-4-17-8/h8,13H,1-7H2,(H,14,15,16). The Kier molecular flexibility index (Phi) is 2.94. The van der Waals surface area contributed by atoms with Gasteiger partial charge in [0.15, 0.2) is 0 Å². The van der Waals surface area contributed by atoms with Crippen LogP contribution < -0.4 is 10.9 Å². The summed E-state index contributed by atoms with van der Waals surface area (Å²) in [6.45, 7) is 2.18. The van der Waals surface area contributed by atoms with Gasteiger partial charge in [-0.05, 0) is 19.3 Å². The van der Waals surface area contributed by atoms with Crippen molar-refractivity contribution < 1.29 is 4.74 Å². The largest absolute Gasteiger partial charge is 0.378 e. The Morgan fingerprint density at radius 2 is 2.29 bits per heavy atom. The number of hydrogen-bond donors (Lipinski definition) is 2. The van der Waals surface area contributed by atoms with E-state index in [4.69, 9.17) is 4.74 Å². The zero-order valence-electron chi connectivity index (χ0n) is 9.79. The van der Waals surface area contributed by atoms with Gasteiger partial charge in [-0.15, -0.1) is 0 Å². The molecule has 2 aliphatic rings. The highest BCUT2D eigenvalue weighted by molar-refractivity contribution is 5.21. The highest BCUT2D eigenvalue weighted by atomic mass is 16.5.